The summed E-state index contributed by atoms with van der Waals surface area (Å²) in [6, 6.07) is 7.78. The van der Waals surface area contributed by atoms with Gasteiger partial charge in [0.15, 0.2) is 0 Å². The molecule has 2 aromatic rings. The van der Waals surface area contributed by atoms with Crippen LogP contribution in [0.25, 0.3) is 10.9 Å². The van der Waals surface area contributed by atoms with Gasteiger partial charge in [0.25, 0.3) is 5.91 Å². The molecule has 3 rings (SSSR count). The number of β-amino-alcohol motifs (C(OH)–C–C–N with tert-alkyl or cyclic N) is 1. The van der Waals surface area contributed by atoms with Crippen molar-refractivity contribution in [1.82, 2.24) is 9.88 Å². The third-order valence-electron chi connectivity index (χ3n) is 3.70. The molecule has 0 bridgehead atoms. The van der Waals surface area contributed by atoms with E-state index in [9.17, 15) is 19.8 Å². The molecular weight excluding hydrogens is 272 g/mol. The fourth-order valence-corrected chi connectivity index (χ4v) is 2.71. The average Bonchev–Trinajstić information content (AvgIpc) is 2.88. The third-order valence-corrected chi connectivity index (χ3v) is 3.70. The monoisotopic (exact) mass is 286 g/mol. The van der Waals surface area contributed by atoms with E-state index in [2.05, 4.69) is 4.98 Å². The predicted molar refractivity (Wildman–Crippen MR) is 74.8 cm³/mol. The van der Waals surface area contributed by atoms with Gasteiger partial charge in [-0.1, -0.05) is 18.2 Å². The number of aliphatic hydroxyl groups is 1. The first-order valence-corrected chi connectivity index (χ1v) is 6.63. The fraction of sp³-hybridized carbons (Fsp3) is 0.267. The molecule has 1 aliphatic heterocycles. The lowest BCUT2D eigenvalue weighted by molar-refractivity contribution is -0.141. The Kier molecular flexibility index (Phi) is 3.31. The predicted octanol–water partition coefficient (Wildman–Crippen LogP) is 0.895. The number of likely N-dealkylation sites (tertiary alicyclic amines) is 1. The second kappa shape index (κ2) is 5.14. The van der Waals surface area contributed by atoms with Crippen LogP contribution >= 0.6 is 0 Å². The molecule has 1 amide bonds. The normalized spacial score (nSPS) is 21.7. The first-order chi connectivity index (χ1) is 10.1. The van der Waals surface area contributed by atoms with Crippen LogP contribution in [-0.2, 0) is 4.79 Å². The number of hydrogen-bond donors (Lipinski definition) is 2. The number of benzene rings is 1. The molecule has 6 nitrogen and oxygen atoms in total. The molecule has 1 saturated heterocycles. The molecule has 0 spiro atoms. The van der Waals surface area contributed by atoms with Gasteiger partial charge in [0, 0.05) is 24.5 Å². The van der Waals surface area contributed by atoms with Crippen molar-refractivity contribution in [3.8, 4) is 0 Å². The summed E-state index contributed by atoms with van der Waals surface area (Å²) >= 11 is 0. The van der Waals surface area contributed by atoms with Crippen molar-refractivity contribution in [1.29, 1.82) is 0 Å². The number of hydrogen-bond acceptors (Lipinski definition) is 4. The number of nitrogens with zero attached hydrogens (tertiary/aromatic N) is 2. The highest BCUT2D eigenvalue weighted by atomic mass is 16.4. The number of carbonyl (C=O) groups excluding carboxylic acids is 1. The van der Waals surface area contributed by atoms with Gasteiger partial charge in [0.1, 0.15) is 6.04 Å². The van der Waals surface area contributed by atoms with Crippen LogP contribution in [-0.4, -0.2) is 50.7 Å². The summed E-state index contributed by atoms with van der Waals surface area (Å²) < 4.78 is 0. The van der Waals surface area contributed by atoms with Crippen LogP contribution in [0.5, 0.6) is 0 Å². The van der Waals surface area contributed by atoms with E-state index in [0.29, 0.717) is 16.5 Å². The summed E-state index contributed by atoms with van der Waals surface area (Å²) in [6.07, 6.45) is 0.783. The number of carbonyl (C=O) groups is 2. The van der Waals surface area contributed by atoms with E-state index in [-0.39, 0.29) is 13.0 Å². The molecule has 0 saturated carbocycles. The van der Waals surface area contributed by atoms with Crippen molar-refractivity contribution in [3.63, 3.8) is 0 Å². The van der Waals surface area contributed by atoms with Gasteiger partial charge in [-0.05, 0) is 12.1 Å². The lowest BCUT2D eigenvalue weighted by atomic mass is 10.1. The number of pyridine rings is 1. The maximum absolute atomic E-state index is 12.6. The summed E-state index contributed by atoms with van der Waals surface area (Å²) in [5, 5.41) is 19.5. The topological polar surface area (TPSA) is 90.7 Å². The highest BCUT2D eigenvalue weighted by Crippen LogP contribution is 2.24. The van der Waals surface area contributed by atoms with Gasteiger partial charge in [-0.3, -0.25) is 9.78 Å². The molecule has 1 aromatic heterocycles. The quantitative estimate of drug-likeness (QED) is 0.855. The van der Waals surface area contributed by atoms with E-state index in [1.807, 2.05) is 6.07 Å². The molecule has 21 heavy (non-hydrogen) atoms. The number of aromatic nitrogens is 1. The Labute approximate surface area is 120 Å². The van der Waals surface area contributed by atoms with Crippen LogP contribution in [0.1, 0.15) is 16.8 Å². The minimum atomic E-state index is -1.10. The molecule has 2 heterocycles. The number of amides is 1. The summed E-state index contributed by atoms with van der Waals surface area (Å²) in [5.74, 6) is -1.49. The van der Waals surface area contributed by atoms with Crippen molar-refractivity contribution >= 4 is 22.8 Å². The molecule has 1 aromatic carbocycles. The minimum Gasteiger partial charge on any atom is -0.480 e. The van der Waals surface area contributed by atoms with Crippen LogP contribution in [0.15, 0.2) is 36.5 Å². The first-order valence-electron chi connectivity index (χ1n) is 6.63. The van der Waals surface area contributed by atoms with Gasteiger partial charge >= 0.3 is 5.97 Å². The standard InChI is InChI=1S/C15H14N2O4/c18-9-7-13(15(20)21)17(8-9)14(19)11-5-6-16-12-4-2-1-3-10(11)12/h1-6,9,13,18H,7-8H2,(H,20,21)/t9-,13+/m1/s1. The van der Waals surface area contributed by atoms with E-state index in [1.165, 1.54) is 11.1 Å². The smallest absolute Gasteiger partial charge is 0.326 e. The van der Waals surface area contributed by atoms with Crippen LogP contribution in [0, 0.1) is 0 Å². The Morgan fingerprint density at radius 3 is 2.76 bits per heavy atom. The molecule has 0 radical (unpaired) electrons. The molecule has 6 heteroatoms. The maximum atomic E-state index is 12.6. The zero-order chi connectivity index (χ0) is 15.0. The number of para-hydroxylation sites is 1. The van der Waals surface area contributed by atoms with Crippen molar-refractivity contribution in [2.45, 2.75) is 18.6 Å². The van der Waals surface area contributed by atoms with Gasteiger partial charge in [0.05, 0.1) is 17.2 Å². The Balaban J connectivity index is 2.02. The van der Waals surface area contributed by atoms with E-state index in [0.717, 1.165) is 0 Å². The largest absolute Gasteiger partial charge is 0.480 e. The van der Waals surface area contributed by atoms with Gasteiger partial charge < -0.3 is 15.1 Å². The number of carboxylic acids is 1. The summed E-state index contributed by atoms with van der Waals surface area (Å²) in [4.78, 5) is 29.3. The molecule has 0 aliphatic carbocycles. The number of carboxylic acid groups (broad SMARTS) is 1. The molecule has 1 fully saturated rings. The summed E-state index contributed by atoms with van der Waals surface area (Å²) in [6.45, 7) is 0.0342. The highest BCUT2D eigenvalue weighted by Gasteiger charge is 2.39. The molecule has 108 valence electrons. The SMILES string of the molecule is O=C(O)[C@@H]1C[C@@H](O)CN1C(=O)c1ccnc2ccccc12. The zero-order valence-electron chi connectivity index (χ0n) is 11.1. The summed E-state index contributed by atoms with van der Waals surface area (Å²) in [5.41, 5.74) is 1.08. The first kappa shape index (κ1) is 13.5. The van der Waals surface area contributed by atoms with E-state index >= 15 is 0 Å². The number of fused-ring (bicyclic) bond motifs is 1. The lowest BCUT2D eigenvalue weighted by Crippen LogP contribution is -2.40. The van der Waals surface area contributed by atoms with E-state index < -0.39 is 24.0 Å². The molecule has 1 aliphatic rings. The Morgan fingerprint density at radius 2 is 2.00 bits per heavy atom. The van der Waals surface area contributed by atoms with Gasteiger partial charge in [-0.25, -0.2) is 4.79 Å². The van der Waals surface area contributed by atoms with Crippen molar-refractivity contribution in [2.75, 3.05) is 6.54 Å². The molecule has 0 unspecified atom stereocenters. The Hall–Kier alpha value is -2.47. The number of rotatable bonds is 2. The molecule has 2 N–H and O–H groups in total. The molecule has 2 atom stereocenters. The second-order valence-corrected chi connectivity index (χ2v) is 5.08. The molecular formula is C15H14N2O4. The number of aliphatic carboxylic acids is 1. The lowest BCUT2D eigenvalue weighted by Gasteiger charge is -2.21. The van der Waals surface area contributed by atoms with Crippen molar-refractivity contribution in [3.05, 3.63) is 42.1 Å². The van der Waals surface area contributed by atoms with E-state index in [4.69, 9.17) is 0 Å². The van der Waals surface area contributed by atoms with Crippen molar-refractivity contribution in [2.24, 2.45) is 0 Å². The van der Waals surface area contributed by atoms with Gasteiger partial charge in [-0.2, -0.15) is 0 Å². The van der Waals surface area contributed by atoms with Crippen LogP contribution in [0.2, 0.25) is 0 Å². The summed E-state index contributed by atoms with van der Waals surface area (Å²) in [7, 11) is 0. The third kappa shape index (κ3) is 2.34. The highest BCUT2D eigenvalue weighted by molar-refractivity contribution is 6.07. The maximum Gasteiger partial charge on any atom is 0.326 e. The second-order valence-electron chi connectivity index (χ2n) is 5.08. The van der Waals surface area contributed by atoms with Crippen LogP contribution in [0.3, 0.4) is 0 Å². The van der Waals surface area contributed by atoms with Crippen LogP contribution in [0.4, 0.5) is 0 Å². The number of aliphatic hydroxyl groups excluding tert-OH is 1. The Bertz CT molecular complexity index is 710. The van der Waals surface area contributed by atoms with Crippen LogP contribution < -0.4 is 0 Å². The zero-order valence-corrected chi connectivity index (χ0v) is 11.1. The Morgan fingerprint density at radius 1 is 1.24 bits per heavy atom. The van der Waals surface area contributed by atoms with Crippen molar-refractivity contribution < 1.29 is 19.8 Å². The van der Waals surface area contributed by atoms with E-state index in [1.54, 1.807) is 24.3 Å². The van der Waals surface area contributed by atoms with Gasteiger partial charge in [-0.15, -0.1) is 0 Å². The average molecular weight is 286 g/mol. The fourth-order valence-electron chi connectivity index (χ4n) is 2.71. The van der Waals surface area contributed by atoms with Gasteiger partial charge in [0.2, 0.25) is 0 Å². The minimum absolute atomic E-state index is 0.0342.